The van der Waals surface area contributed by atoms with E-state index in [9.17, 15) is 14.7 Å². The molecule has 5 rings (SSSR count). The van der Waals surface area contributed by atoms with E-state index in [0.717, 1.165) is 16.5 Å². The maximum Gasteiger partial charge on any atom is 0.254 e. The number of aliphatic hydroxyl groups is 1. The molecule has 0 bridgehead atoms. The van der Waals surface area contributed by atoms with Crippen molar-refractivity contribution in [3.8, 4) is 11.1 Å². The minimum atomic E-state index is -1.15. The first-order valence-electron chi connectivity index (χ1n) is 10.0. The largest absolute Gasteiger partial charge is 0.380 e. The minimum absolute atomic E-state index is 0.0579. The molecule has 8 nitrogen and oxygen atoms in total. The standard InChI is InChI=1S/C22H22N4O4/c23-19-17-13-16(5-6-18(17)30-24-19)14-1-3-15(4-2-14)20(27)25-9-11-26(12-10-25)21(28)22(29)7-8-22/h1-6,13,29H,7-12H2,(H2,23,24). The Labute approximate surface area is 172 Å². The minimum Gasteiger partial charge on any atom is -0.380 e. The monoisotopic (exact) mass is 406 g/mol. The van der Waals surface area contributed by atoms with Crippen LogP contribution < -0.4 is 5.73 Å². The van der Waals surface area contributed by atoms with Gasteiger partial charge in [0.2, 0.25) is 0 Å². The highest BCUT2D eigenvalue weighted by atomic mass is 16.5. The van der Waals surface area contributed by atoms with E-state index in [0.29, 0.717) is 56.0 Å². The Hall–Kier alpha value is -3.39. The van der Waals surface area contributed by atoms with Gasteiger partial charge in [-0.3, -0.25) is 9.59 Å². The van der Waals surface area contributed by atoms with E-state index in [1.165, 1.54) is 0 Å². The van der Waals surface area contributed by atoms with Gasteiger partial charge in [0, 0.05) is 31.7 Å². The number of nitrogen functional groups attached to an aromatic ring is 1. The van der Waals surface area contributed by atoms with E-state index in [1.807, 2.05) is 42.5 Å². The van der Waals surface area contributed by atoms with Crippen LogP contribution in [0.2, 0.25) is 0 Å². The van der Waals surface area contributed by atoms with E-state index in [2.05, 4.69) is 5.16 Å². The summed E-state index contributed by atoms with van der Waals surface area (Å²) in [5.41, 5.74) is 7.84. The van der Waals surface area contributed by atoms with Gasteiger partial charge in [-0.05, 0) is 48.2 Å². The average molecular weight is 406 g/mol. The highest BCUT2D eigenvalue weighted by Crippen LogP contribution is 2.37. The fourth-order valence-corrected chi connectivity index (χ4v) is 3.86. The zero-order valence-electron chi connectivity index (χ0n) is 16.4. The Balaban J connectivity index is 1.26. The second kappa shape index (κ2) is 6.84. The number of aromatic nitrogens is 1. The van der Waals surface area contributed by atoms with E-state index >= 15 is 0 Å². The Morgan fingerprint density at radius 3 is 2.27 bits per heavy atom. The van der Waals surface area contributed by atoms with Gasteiger partial charge in [-0.1, -0.05) is 23.4 Å². The first-order chi connectivity index (χ1) is 14.4. The quantitative estimate of drug-likeness (QED) is 0.687. The molecule has 30 heavy (non-hydrogen) atoms. The number of amides is 2. The van der Waals surface area contributed by atoms with Crippen molar-refractivity contribution >= 4 is 28.6 Å². The van der Waals surface area contributed by atoms with Gasteiger partial charge in [-0.2, -0.15) is 0 Å². The normalized spacial score (nSPS) is 17.9. The molecule has 3 N–H and O–H groups in total. The number of hydrogen-bond acceptors (Lipinski definition) is 6. The Morgan fingerprint density at radius 2 is 1.60 bits per heavy atom. The molecule has 2 aliphatic rings. The second-order valence-corrected chi connectivity index (χ2v) is 7.97. The Bertz CT molecular complexity index is 1130. The predicted octanol–water partition coefficient (Wildman–Crippen LogP) is 1.89. The van der Waals surface area contributed by atoms with Crippen LogP contribution in [0.3, 0.4) is 0 Å². The van der Waals surface area contributed by atoms with Gasteiger partial charge in [0.1, 0.15) is 5.60 Å². The summed E-state index contributed by atoms with van der Waals surface area (Å²) in [6.45, 7) is 1.83. The summed E-state index contributed by atoms with van der Waals surface area (Å²) in [5.74, 6) is 0.0898. The van der Waals surface area contributed by atoms with Gasteiger partial charge in [0.25, 0.3) is 11.8 Å². The number of hydrogen-bond donors (Lipinski definition) is 2. The molecule has 154 valence electrons. The molecule has 3 aromatic rings. The van der Waals surface area contributed by atoms with Gasteiger partial charge in [0.15, 0.2) is 11.4 Å². The molecule has 2 amide bonds. The van der Waals surface area contributed by atoms with Crippen molar-refractivity contribution in [1.82, 2.24) is 15.0 Å². The molecule has 1 aliphatic heterocycles. The number of piperazine rings is 1. The van der Waals surface area contributed by atoms with Crippen molar-refractivity contribution in [2.24, 2.45) is 0 Å². The molecule has 1 aliphatic carbocycles. The molecule has 2 fully saturated rings. The molecule has 0 radical (unpaired) electrons. The molecular weight excluding hydrogens is 384 g/mol. The number of nitrogens with two attached hydrogens (primary N) is 1. The summed E-state index contributed by atoms with van der Waals surface area (Å²) in [7, 11) is 0. The molecule has 0 atom stereocenters. The lowest BCUT2D eigenvalue weighted by Gasteiger charge is -2.35. The maximum atomic E-state index is 12.9. The number of anilines is 1. The number of rotatable bonds is 3. The van der Waals surface area contributed by atoms with Gasteiger partial charge < -0.3 is 25.2 Å². The van der Waals surface area contributed by atoms with Crippen LogP contribution in [0.4, 0.5) is 5.82 Å². The van der Waals surface area contributed by atoms with Gasteiger partial charge in [0.05, 0.1) is 5.39 Å². The summed E-state index contributed by atoms with van der Waals surface area (Å²) < 4.78 is 5.14. The van der Waals surface area contributed by atoms with Crippen LogP contribution in [0.1, 0.15) is 23.2 Å². The van der Waals surface area contributed by atoms with Crippen LogP contribution in [0.25, 0.3) is 22.1 Å². The van der Waals surface area contributed by atoms with Crippen molar-refractivity contribution < 1.29 is 19.2 Å². The van der Waals surface area contributed by atoms with Crippen molar-refractivity contribution in [2.75, 3.05) is 31.9 Å². The molecule has 2 heterocycles. The molecule has 0 spiro atoms. The molecule has 1 saturated heterocycles. The molecule has 8 heteroatoms. The zero-order valence-corrected chi connectivity index (χ0v) is 16.4. The number of fused-ring (bicyclic) bond motifs is 1. The third-order valence-electron chi connectivity index (χ3n) is 5.94. The summed E-state index contributed by atoms with van der Waals surface area (Å²) in [4.78, 5) is 28.5. The predicted molar refractivity (Wildman–Crippen MR) is 111 cm³/mol. The maximum absolute atomic E-state index is 12.9. The van der Waals surface area contributed by atoms with E-state index in [-0.39, 0.29) is 11.8 Å². The first kappa shape index (κ1) is 18.6. The Kier molecular flexibility index (Phi) is 4.25. The summed E-state index contributed by atoms with van der Waals surface area (Å²) in [6, 6.07) is 13.1. The molecule has 1 aromatic heterocycles. The summed E-state index contributed by atoms with van der Waals surface area (Å²) in [6.07, 6.45) is 1.07. The van der Waals surface area contributed by atoms with Crippen molar-refractivity contribution in [3.05, 3.63) is 48.0 Å². The number of nitrogens with zero attached hydrogens (tertiary/aromatic N) is 3. The fraction of sp³-hybridized carbons (Fsp3) is 0.318. The third kappa shape index (κ3) is 3.19. The average Bonchev–Trinajstić information content (AvgIpc) is 3.44. The number of benzene rings is 2. The lowest BCUT2D eigenvalue weighted by Crippen LogP contribution is -2.53. The van der Waals surface area contributed by atoms with Crippen LogP contribution in [-0.4, -0.2) is 63.7 Å². The Morgan fingerprint density at radius 1 is 0.967 bits per heavy atom. The van der Waals surface area contributed by atoms with E-state index < -0.39 is 5.60 Å². The molecular formula is C22H22N4O4. The topological polar surface area (TPSA) is 113 Å². The SMILES string of the molecule is Nc1noc2ccc(-c3ccc(C(=O)N4CCN(C(=O)C5(O)CC5)CC4)cc3)cc12. The van der Waals surface area contributed by atoms with Gasteiger partial charge in [-0.15, -0.1) is 0 Å². The summed E-state index contributed by atoms with van der Waals surface area (Å²) in [5, 5.41) is 14.5. The lowest BCUT2D eigenvalue weighted by atomic mass is 10.0. The second-order valence-electron chi connectivity index (χ2n) is 7.97. The van der Waals surface area contributed by atoms with Crippen LogP contribution in [0.5, 0.6) is 0 Å². The molecule has 1 saturated carbocycles. The molecule has 2 aromatic carbocycles. The smallest absolute Gasteiger partial charge is 0.254 e. The van der Waals surface area contributed by atoms with Crippen LogP contribution in [-0.2, 0) is 4.79 Å². The highest BCUT2D eigenvalue weighted by Gasteiger charge is 2.50. The number of carbonyl (C=O) groups is 2. The zero-order chi connectivity index (χ0) is 20.9. The van der Waals surface area contributed by atoms with E-state index in [1.54, 1.807) is 9.80 Å². The molecule has 0 unspecified atom stereocenters. The van der Waals surface area contributed by atoms with Crippen molar-refractivity contribution in [3.63, 3.8) is 0 Å². The van der Waals surface area contributed by atoms with Crippen LogP contribution >= 0.6 is 0 Å². The van der Waals surface area contributed by atoms with Crippen LogP contribution in [0, 0.1) is 0 Å². The van der Waals surface area contributed by atoms with Crippen molar-refractivity contribution in [1.29, 1.82) is 0 Å². The van der Waals surface area contributed by atoms with Gasteiger partial charge in [-0.25, -0.2) is 0 Å². The van der Waals surface area contributed by atoms with E-state index in [4.69, 9.17) is 10.3 Å². The van der Waals surface area contributed by atoms with Crippen molar-refractivity contribution in [2.45, 2.75) is 18.4 Å². The first-order valence-corrected chi connectivity index (χ1v) is 10.0. The number of carbonyl (C=O) groups excluding carboxylic acids is 2. The highest BCUT2D eigenvalue weighted by molar-refractivity contribution is 5.96. The lowest BCUT2D eigenvalue weighted by molar-refractivity contribution is -0.143. The third-order valence-corrected chi connectivity index (χ3v) is 5.94. The van der Waals surface area contributed by atoms with Gasteiger partial charge >= 0.3 is 0 Å². The van der Waals surface area contributed by atoms with Crippen LogP contribution in [0.15, 0.2) is 47.0 Å². The fourth-order valence-electron chi connectivity index (χ4n) is 3.86. The summed E-state index contributed by atoms with van der Waals surface area (Å²) >= 11 is 0.